The number of hydrogen-bond acceptors (Lipinski definition) is 3. The van der Waals surface area contributed by atoms with Gasteiger partial charge < -0.3 is 10.6 Å². The summed E-state index contributed by atoms with van der Waals surface area (Å²) in [6, 6.07) is 4.71. The summed E-state index contributed by atoms with van der Waals surface area (Å²) < 4.78 is 0. The molecule has 3 heteroatoms. The Morgan fingerprint density at radius 3 is 2.72 bits per heavy atom. The molecule has 2 N–H and O–H groups in total. The van der Waals surface area contributed by atoms with Crippen molar-refractivity contribution in [2.45, 2.75) is 46.2 Å². The molecule has 0 aliphatic rings. The van der Waals surface area contributed by atoms with E-state index in [0.717, 1.165) is 25.6 Å². The van der Waals surface area contributed by atoms with Gasteiger partial charge in [-0.25, -0.2) is 0 Å². The number of nitrogens with zero attached hydrogens (tertiary/aromatic N) is 1. The minimum Gasteiger partial charge on any atom is -0.314 e. The molecule has 1 aromatic heterocycles. The molecule has 18 heavy (non-hydrogen) atoms. The second kappa shape index (κ2) is 9.06. The van der Waals surface area contributed by atoms with Crippen LogP contribution in [-0.2, 0) is 6.54 Å². The molecule has 0 amide bonds. The molecule has 0 bridgehead atoms. The quantitative estimate of drug-likeness (QED) is 0.661. The summed E-state index contributed by atoms with van der Waals surface area (Å²) in [5, 5.41) is 7.00. The van der Waals surface area contributed by atoms with Crippen LogP contribution in [0.5, 0.6) is 0 Å². The van der Waals surface area contributed by atoms with E-state index in [1.807, 2.05) is 18.5 Å². The first-order valence-corrected chi connectivity index (χ1v) is 7.01. The minimum absolute atomic E-state index is 0.628. The molecule has 3 nitrogen and oxygen atoms in total. The molecule has 0 fully saturated rings. The van der Waals surface area contributed by atoms with Crippen molar-refractivity contribution in [1.29, 1.82) is 0 Å². The Morgan fingerprint density at radius 1 is 1.22 bits per heavy atom. The molecule has 1 rings (SSSR count). The van der Waals surface area contributed by atoms with E-state index in [4.69, 9.17) is 0 Å². The van der Waals surface area contributed by atoms with E-state index >= 15 is 0 Å². The second-order valence-electron chi connectivity index (χ2n) is 5.38. The fourth-order valence-corrected chi connectivity index (χ4v) is 2.09. The number of aromatic nitrogens is 1. The average Bonchev–Trinajstić information content (AvgIpc) is 2.34. The van der Waals surface area contributed by atoms with Crippen LogP contribution in [0.25, 0.3) is 0 Å². The number of pyridine rings is 1. The smallest absolute Gasteiger partial charge is 0.0312 e. The van der Waals surface area contributed by atoms with Crippen LogP contribution in [0, 0.1) is 5.92 Å². The molecular formula is C15H27N3. The van der Waals surface area contributed by atoms with Gasteiger partial charge in [-0.2, -0.15) is 0 Å². The zero-order chi connectivity index (χ0) is 13.2. The van der Waals surface area contributed by atoms with Crippen molar-refractivity contribution in [3.63, 3.8) is 0 Å². The molecule has 1 unspecified atom stereocenters. The second-order valence-corrected chi connectivity index (χ2v) is 5.38. The summed E-state index contributed by atoms with van der Waals surface area (Å²) in [5.74, 6) is 0.774. The van der Waals surface area contributed by atoms with Crippen molar-refractivity contribution in [2.24, 2.45) is 5.92 Å². The van der Waals surface area contributed by atoms with Crippen molar-refractivity contribution >= 4 is 0 Å². The third kappa shape index (κ3) is 7.41. The first-order chi connectivity index (χ1) is 8.68. The van der Waals surface area contributed by atoms with Crippen molar-refractivity contribution in [2.75, 3.05) is 13.1 Å². The monoisotopic (exact) mass is 249 g/mol. The van der Waals surface area contributed by atoms with Crippen molar-refractivity contribution in [3.05, 3.63) is 30.1 Å². The highest BCUT2D eigenvalue weighted by atomic mass is 14.9. The van der Waals surface area contributed by atoms with Crippen molar-refractivity contribution in [1.82, 2.24) is 15.6 Å². The van der Waals surface area contributed by atoms with E-state index in [1.54, 1.807) is 0 Å². The highest BCUT2D eigenvalue weighted by Gasteiger charge is 2.02. The first-order valence-electron chi connectivity index (χ1n) is 7.01. The predicted molar refractivity (Wildman–Crippen MR) is 77.5 cm³/mol. The molecule has 0 aromatic carbocycles. The molecule has 102 valence electrons. The fourth-order valence-electron chi connectivity index (χ4n) is 2.09. The van der Waals surface area contributed by atoms with Crippen LogP contribution in [0.1, 0.15) is 39.2 Å². The van der Waals surface area contributed by atoms with Gasteiger partial charge in [0.1, 0.15) is 0 Å². The Balaban J connectivity index is 1.96. The molecule has 0 spiro atoms. The lowest BCUT2D eigenvalue weighted by Gasteiger charge is -2.15. The van der Waals surface area contributed by atoms with E-state index < -0.39 is 0 Å². The largest absolute Gasteiger partial charge is 0.314 e. The molecule has 1 heterocycles. The Kier molecular flexibility index (Phi) is 7.62. The molecule has 0 radical (unpaired) electrons. The van der Waals surface area contributed by atoms with E-state index in [-0.39, 0.29) is 0 Å². The van der Waals surface area contributed by atoms with Gasteiger partial charge in [0.25, 0.3) is 0 Å². The van der Waals surface area contributed by atoms with Gasteiger partial charge in [0, 0.05) is 25.0 Å². The third-order valence-electron chi connectivity index (χ3n) is 2.90. The number of rotatable bonds is 9. The summed E-state index contributed by atoms with van der Waals surface area (Å²) >= 11 is 0. The van der Waals surface area contributed by atoms with Gasteiger partial charge in [-0.15, -0.1) is 0 Å². The Hall–Kier alpha value is -0.930. The molecule has 1 aromatic rings. The third-order valence-corrected chi connectivity index (χ3v) is 2.90. The van der Waals surface area contributed by atoms with Gasteiger partial charge in [0.2, 0.25) is 0 Å². The van der Waals surface area contributed by atoms with Crippen LogP contribution in [0.3, 0.4) is 0 Å². The zero-order valence-corrected chi connectivity index (χ0v) is 11.9. The highest BCUT2D eigenvalue weighted by molar-refractivity contribution is 5.07. The SMILES string of the molecule is CC(C)CC(C)NCCCNCc1cccnc1. The summed E-state index contributed by atoms with van der Waals surface area (Å²) in [6.45, 7) is 9.87. The van der Waals surface area contributed by atoms with E-state index in [9.17, 15) is 0 Å². The molecule has 1 atom stereocenters. The Labute approximate surface area is 111 Å². The Bertz CT molecular complexity index is 298. The molecule has 0 saturated heterocycles. The topological polar surface area (TPSA) is 37.0 Å². The first kappa shape index (κ1) is 15.1. The van der Waals surface area contributed by atoms with Gasteiger partial charge >= 0.3 is 0 Å². The summed E-state index contributed by atoms with van der Waals surface area (Å²) in [6.07, 6.45) is 6.14. The maximum Gasteiger partial charge on any atom is 0.0312 e. The van der Waals surface area contributed by atoms with Crippen molar-refractivity contribution in [3.8, 4) is 0 Å². The van der Waals surface area contributed by atoms with E-state index in [1.165, 1.54) is 18.4 Å². The van der Waals surface area contributed by atoms with Crippen LogP contribution < -0.4 is 10.6 Å². The maximum absolute atomic E-state index is 4.10. The minimum atomic E-state index is 0.628. The van der Waals surface area contributed by atoms with Crippen molar-refractivity contribution < 1.29 is 0 Å². The molecule has 0 aliphatic heterocycles. The molecule has 0 saturated carbocycles. The van der Waals surface area contributed by atoms with Gasteiger partial charge in [0.15, 0.2) is 0 Å². The average molecular weight is 249 g/mol. The Morgan fingerprint density at radius 2 is 2.06 bits per heavy atom. The fraction of sp³-hybridized carbons (Fsp3) is 0.667. The summed E-state index contributed by atoms with van der Waals surface area (Å²) in [4.78, 5) is 4.10. The van der Waals surface area contributed by atoms with Gasteiger partial charge in [0.05, 0.1) is 0 Å². The molecule has 0 aliphatic carbocycles. The van der Waals surface area contributed by atoms with Gasteiger partial charge in [-0.3, -0.25) is 4.98 Å². The summed E-state index contributed by atoms with van der Waals surface area (Å²) in [7, 11) is 0. The lowest BCUT2D eigenvalue weighted by atomic mass is 10.1. The van der Waals surface area contributed by atoms with Crippen LogP contribution >= 0.6 is 0 Å². The van der Waals surface area contributed by atoms with E-state index in [0.29, 0.717) is 6.04 Å². The number of nitrogens with one attached hydrogen (secondary N) is 2. The van der Waals surface area contributed by atoms with Gasteiger partial charge in [-0.1, -0.05) is 19.9 Å². The van der Waals surface area contributed by atoms with Gasteiger partial charge in [-0.05, 0) is 50.4 Å². The van der Waals surface area contributed by atoms with Crippen LogP contribution in [0.15, 0.2) is 24.5 Å². The van der Waals surface area contributed by atoms with Crippen LogP contribution in [-0.4, -0.2) is 24.1 Å². The molecular weight excluding hydrogens is 222 g/mol. The van der Waals surface area contributed by atoms with Crippen LogP contribution in [0.2, 0.25) is 0 Å². The lowest BCUT2D eigenvalue weighted by Crippen LogP contribution is -2.30. The summed E-state index contributed by atoms with van der Waals surface area (Å²) in [5.41, 5.74) is 1.25. The van der Waals surface area contributed by atoms with E-state index in [2.05, 4.69) is 42.5 Å². The van der Waals surface area contributed by atoms with Crippen LogP contribution in [0.4, 0.5) is 0 Å². The standard InChI is InChI=1S/C15H27N3/c1-13(2)10-14(3)18-9-5-8-17-12-15-6-4-7-16-11-15/h4,6-7,11,13-14,17-18H,5,8-10,12H2,1-3H3. The zero-order valence-electron chi connectivity index (χ0n) is 11.9. The normalized spacial score (nSPS) is 12.9. The lowest BCUT2D eigenvalue weighted by molar-refractivity contribution is 0.436. The number of hydrogen-bond donors (Lipinski definition) is 2. The maximum atomic E-state index is 4.10. The predicted octanol–water partition coefficient (Wildman–Crippen LogP) is 2.59. The highest BCUT2D eigenvalue weighted by Crippen LogP contribution is 2.03.